The van der Waals surface area contributed by atoms with Crippen LogP contribution in [0.2, 0.25) is 0 Å². The molecule has 0 fully saturated rings. The summed E-state index contributed by atoms with van der Waals surface area (Å²) in [6, 6.07) is 14.6. The number of aliphatic hydroxyl groups is 1. The van der Waals surface area contributed by atoms with Gasteiger partial charge in [-0.05, 0) is 23.8 Å². The summed E-state index contributed by atoms with van der Waals surface area (Å²) in [5, 5.41) is 11.2. The Balaban J connectivity index is 2.18. The summed E-state index contributed by atoms with van der Waals surface area (Å²) in [6.45, 7) is 2.46. The van der Waals surface area contributed by atoms with Crippen molar-refractivity contribution in [3.05, 3.63) is 42.5 Å². The van der Waals surface area contributed by atoms with E-state index in [4.69, 9.17) is 9.84 Å². The zero-order valence-corrected chi connectivity index (χ0v) is 10.6. The van der Waals surface area contributed by atoms with Crippen LogP contribution in [0.4, 0.5) is 0 Å². The van der Waals surface area contributed by atoms with Crippen molar-refractivity contribution >= 4 is 22.5 Å². The largest absolute Gasteiger partial charge is 0.394 e. The summed E-state index contributed by atoms with van der Waals surface area (Å²) in [5.74, 6) is 0. The zero-order chi connectivity index (χ0) is 12.1. The van der Waals surface area contributed by atoms with Crippen molar-refractivity contribution in [3.63, 3.8) is 0 Å². The maximum absolute atomic E-state index is 8.72. The Morgan fingerprint density at radius 1 is 1.18 bits per heavy atom. The molecule has 2 rings (SSSR count). The lowest BCUT2D eigenvalue weighted by molar-refractivity contribution is 0.0842. The molecule has 17 heavy (non-hydrogen) atoms. The van der Waals surface area contributed by atoms with Crippen LogP contribution in [-0.4, -0.2) is 23.8 Å². The van der Waals surface area contributed by atoms with Gasteiger partial charge in [0.15, 0.2) is 0 Å². The second-order valence-electron chi connectivity index (χ2n) is 3.76. The molecule has 3 heteroatoms. The van der Waals surface area contributed by atoms with Crippen molar-refractivity contribution in [2.75, 3.05) is 13.2 Å². The average Bonchev–Trinajstić information content (AvgIpc) is 2.37. The van der Waals surface area contributed by atoms with E-state index in [1.54, 1.807) is 11.8 Å². The number of fused-ring (bicyclic) bond motifs is 1. The van der Waals surface area contributed by atoms with Crippen molar-refractivity contribution < 1.29 is 9.84 Å². The molecule has 1 N–H and O–H groups in total. The zero-order valence-electron chi connectivity index (χ0n) is 9.80. The minimum Gasteiger partial charge on any atom is -0.394 e. The molecule has 2 nitrogen and oxygen atoms in total. The summed E-state index contributed by atoms with van der Waals surface area (Å²) in [5.41, 5.74) is 0.0490. The molecular formula is C14H16O2S. The Labute approximate surface area is 106 Å². The topological polar surface area (TPSA) is 29.5 Å². The highest BCUT2D eigenvalue weighted by atomic mass is 32.2. The molecule has 0 heterocycles. The van der Waals surface area contributed by atoms with Gasteiger partial charge in [-0.15, -0.1) is 0 Å². The maximum atomic E-state index is 8.72. The smallest absolute Gasteiger partial charge is 0.105 e. The summed E-state index contributed by atoms with van der Waals surface area (Å²) in [6.07, 6.45) is 0. The lowest BCUT2D eigenvalue weighted by atomic mass is 10.1. The lowest BCUT2D eigenvalue weighted by Gasteiger charge is -2.13. The second-order valence-corrected chi connectivity index (χ2v) is 5.10. The average molecular weight is 248 g/mol. The number of aliphatic hydroxyl groups excluding tert-OH is 1. The highest BCUT2D eigenvalue weighted by Crippen LogP contribution is 2.30. The lowest BCUT2D eigenvalue weighted by Crippen LogP contribution is -2.07. The minimum absolute atomic E-state index is 0.0490. The van der Waals surface area contributed by atoms with Crippen LogP contribution in [0.15, 0.2) is 47.4 Å². The summed E-state index contributed by atoms with van der Waals surface area (Å²) in [4.78, 5) is 1.22. The van der Waals surface area contributed by atoms with Gasteiger partial charge in [-0.2, -0.15) is 0 Å². The van der Waals surface area contributed by atoms with Crippen molar-refractivity contribution in [3.8, 4) is 0 Å². The number of hydrogen-bond donors (Lipinski definition) is 1. The Morgan fingerprint density at radius 3 is 2.76 bits per heavy atom. The first-order chi connectivity index (χ1) is 8.31. The highest BCUT2D eigenvalue weighted by molar-refractivity contribution is 8.00. The van der Waals surface area contributed by atoms with Gasteiger partial charge in [0.1, 0.15) is 5.44 Å². The molecule has 0 spiro atoms. The SMILES string of the molecule is CC(OCCO)Sc1cccc2ccccc12. The van der Waals surface area contributed by atoms with Gasteiger partial charge in [-0.1, -0.05) is 48.2 Å². The van der Waals surface area contributed by atoms with Crippen LogP contribution < -0.4 is 0 Å². The van der Waals surface area contributed by atoms with E-state index >= 15 is 0 Å². The molecule has 0 aliphatic carbocycles. The molecule has 2 aromatic carbocycles. The third kappa shape index (κ3) is 3.22. The first-order valence-electron chi connectivity index (χ1n) is 5.68. The summed E-state index contributed by atoms with van der Waals surface area (Å²) < 4.78 is 5.46. The molecule has 1 unspecified atom stereocenters. The Bertz CT molecular complexity index is 479. The molecule has 0 bridgehead atoms. The molecule has 90 valence electrons. The molecule has 0 aromatic heterocycles. The fraction of sp³-hybridized carbons (Fsp3) is 0.286. The van der Waals surface area contributed by atoms with Gasteiger partial charge < -0.3 is 9.84 Å². The molecule has 0 saturated carbocycles. The molecule has 0 saturated heterocycles. The molecule has 2 aromatic rings. The molecule has 0 amide bonds. The van der Waals surface area contributed by atoms with E-state index in [0.29, 0.717) is 6.61 Å². The number of rotatable bonds is 5. The van der Waals surface area contributed by atoms with E-state index in [2.05, 4.69) is 30.3 Å². The predicted octanol–water partition coefficient (Wildman–Crippen LogP) is 3.29. The molecular weight excluding hydrogens is 232 g/mol. The highest BCUT2D eigenvalue weighted by Gasteiger charge is 2.07. The predicted molar refractivity (Wildman–Crippen MR) is 72.3 cm³/mol. The molecule has 1 atom stereocenters. The van der Waals surface area contributed by atoms with E-state index in [0.717, 1.165) is 0 Å². The van der Waals surface area contributed by atoms with Crippen LogP contribution in [0.1, 0.15) is 6.92 Å². The number of ether oxygens (including phenoxy) is 1. The van der Waals surface area contributed by atoms with Gasteiger partial charge >= 0.3 is 0 Å². The first-order valence-corrected chi connectivity index (χ1v) is 6.56. The van der Waals surface area contributed by atoms with E-state index in [1.807, 2.05) is 19.1 Å². The fourth-order valence-electron chi connectivity index (χ4n) is 1.73. The van der Waals surface area contributed by atoms with Crippen molar-refractivity contribution in [2.24, 2.45) is 0 Å². The van der Waals surface area contributed by atoms with Crippen LogP contribution in [0, 0.1) is 0 Å². The number of thioether (sulfide) groups is 1. The quantitative estimate of drug-likeness (QED) is 0.650. The van der Waals surface area contributed by atoms with E-state index in [9.17, 15) is 0 Å². The van der Waals surface area contributed by atoms with Crippen LogP contribution >= 0.6 is 11.8 Å². The molecule has 0 radical (unpaired) electrons. The maximum Gasteiger partial charge on any atom is 0.105 e. The van der Waals surface area contributed by atoms with E-state index < -0.39 is 0 Å². The number of hydrogen-bond acceptors (Lipinski definition) is 3. The van der Waals surface area contributed by atoms with Gasteiger partial charge in [0.05, 0.1) is 13.2 Å². The second kappa shape index (κ2) is 6.05. The Hall–Kier alpha value is -1.03. The van der Waals surface area contributed by atoms with Gasteiger partial charge in [-0.25, -0.2) is 0 Å². The third-order valence-electron chi connectivity index (χ3n) is 2.49. The molecule has 0 aliphatic heterocycles. The first kappa shape index (κ1) is 12.4. The Kier molecular flexibility index (Phi) is 4.42. The normalized spacial score (nSPS) is 12.8. The van der Waals surface area contributed by atoms with Crippen molar-refractivity contribution in [1.29, 1.82) is 0 Å². The van der Waals surface area contributed by atoms with Crippen LogP contribution in [-0.2, 0) is 4.74 Å². The van der Waals surface area contributed by atoms with Crippen LogP contribution in [0.25, 0.3) is 10.8 Å². The standard InChI is InChI=1S/C14H16O2S/c1-11(16-10-9-15)17-14-8-4-6-12-5-2-3-7-13(12)14/h2-8,11,15H,9-10H2,1H3. The van der Waals surface area contributed by atoms with Crippen LogP contribution in [0.3, 0.4) is 0 Å². The monoisotopic (exact) mass is 248 g/mol. The van der Waals surface area contributed by atoms with Crippen LogP contribution in [0.5, 0.6) is 0 Å². The third-order valence-corrected chi connectivity index (χ3v) is 3.56. The van der Waals surface area contributed by atoms with Gasteiger partial charge in [0.2, 0.25) is 0 Å². The Morgan fingerprint density at radius 2 is 1.94 bits per heavy atom. The van der Waals surface area contributed by atoms with Gasteiger partial charge in [0.25, 0.3) is 0 Å². The minimum atomic E-state index is 0.0490. The van der Waals surface area contributed by atoms with Gasteiger partial charge in [0, 0.05) is 4.90 Å². The van der Waals surface area contributed by atoms with E-state index in [-0.39, 0.29) is 12.0 Å². The fourth-order valence-corrected chi connectivity index (χ4v) is 2.72. The number of benzene rings is 2. The summed E-state index contributed by atoms with van der Waals surface area (Å²) >= 11 is 1.68. The van der Waals surface area contributed by atoms with Gasteiger partial charge in [-0.3, -0.25) is 0 Å². The summed E-state index contributed by atoms with van der Waals surface area (Å²) in [7, 11) is 0. The van der Waals surface area contributed by atoms with E-state index in [1.165, 1.54) is 15.7 Å². The molecule has 0 aliphatic rings. The van der Waals surface area contributed by atoms with Crippen molar-refractivity contribution in [1.82, 2.24) is 0 Å². The van der Waals surface area contributed by atoms with Crippen molar-refractivity contribution in [2.45, 2.75) is 17.3 Å².